The summed E-state index contributed by atoms with van der Waals surface area (Å²) < 4.78 is 26.0. The van der Waals surface area contributed by atoms with Gasteiger partial charge in [0.05, 0.1) is 5.75 Å². The van der Waals surface area contributed by atoms with E-state index >= 15 is 0 Å². The molecule has 0 bridgehead atoms. The summed E-state index contributed by atoms with van der Waals surface area (Å²) in [6.07, 6.45) is 0. The van der Waals surface area contributed by atoms with E-state index in [4.69, 9.17) is 11.6 Å². The number of para-hydroxylation sites is 1. The SMILES string of the molecule is C[C@@H](C(=O)Nc1ccccc1)[S@](=O)Cc1c(F)cccc1Cl. The zero-order chi connectivity index (χ0) is 16.1. The van der Waals surface area contributed by atoms with Crippen LogP contribution in [0.2, 0.25) is 5.02 Å². The Balaban J connectivity index is 2.04. The summed E-state index contributed by atoms with van der Waals surface area (Å²) >= 11 is 5.91. The van der Waals surface area contributed by atoms with Crippen molar-refractivity contribution in [3.63, 3.8) is 0 Å². The first-order chi connectivity index (χ1) is 10.5. The molecule has 0 heterocycles. The van der Waals surface area contributed by atoms with Gasteiger partial charge in [-0.1, -0.05) is 35.9 Å². The van der Waals surface area contributed by atoms with E-state index < -0.39 is 21.9 Å². The van der Waals surface area contributed by atoms with E-state index in [9.17, 15) is 13.4 Å². The van der Waals surface area contributed by atoms with Crippen LogP contribution in [0.15, 0.2) is 48.5 Å². The molecule has 1 N–H and O–H groups in total. The van der Waals surface area contributed by atoms with E-state index in [1.54, 1.807) is 31.2 Å². The number of halogens is 2. The molecule has 2 aromatic rings. The zero-order valence-electron chi connectivity index (χ0n) is 11.9. The van der Waals surface area contributed by atoms with Crippen LogP contribution in [0, 0.1) is 5.82 Å². The highest BCUT2D eigenvalue weighted by Gasteiger charge is 2.22. The molecule has 2 atom stereocenters. The molecule has 0 aliphatic carbocycles. The van der Waals surface area contributed by atoms with E-state index in [-0.39, 0.29) is 22.2 Å². The van der Waals surface area contributed by atoms with Crippen LogP contribution in [0.4, 0.5) is 10.1 Å². The normalized spacial score (nSPS) is 13.4. The summed E-state index contributed by atoms with van der Waals surface area (Å²) in [5.74, 6) is -0.997. The molecule has 0 unspecified atom stereocenters. The minimum absolute atomic E-state index is 0.102. The predicted molar refractivity (Wildman–Crippen MR) is 87.8 cm³/mol. The third-order valence-electron chi connectivity index (χ3n) is 3.15. The molecule has 0 saturated heterocycles. The van der Waals surface area contributed by atoms with Crippen LogP contribution >= 0.6 is 11.6 Å². The maximum Gasteiger partial charge on any atom is 0.239 e. The maximum absolute atomic E-state index is 13.7. The minimum atomic E-state index is -1.58. The number of hydrogen-bond acceptors (Lipinski definition) is 2. The Morgan fingerprint density at radius 1 is 1.23 bits per heavy atom. The second-order valence-electron chi connectivity index (χ2n) is 4.72. The Morgan fingerprint density at radius 3 is 2.55 bits per heavy atom. The van der Waals surface area contributed by atoms with Gasteiger partial charge in [-0.05, 0) is 31.2 Å². The van der Waals surface area contributed by atoms with Crippen LogP contribution in [-0.2, 0) is 21.3 Å². The second-order valence-corrected chi connectivity index (χ2v) is 6.89. The summed E-state index contributed by atoms with van der Waals surface area (Å²) in [6, 6.07) is 13.2. The molecule has 116 valence electrons. The van der Waals surface area contributed by atoms with Crippen molar-refractivity contribution in [3.05, 3.63) is 64.9 Å². The Labute approximate surface area is 136 Å². The van der Waals surface area contributed by atoms with Crippen LogP contribution < -0.4 is 5.32 Å². The van der Waals surface area contributed by atoms with Gasteiger partial charge >= 0.3 is 0 Å². The monoisotopic (exact) mass is 339 g/mol. The molecule has 3 nitrogen and oxygen atoms in total. The van der Waals surface area contributed by atoms with Gasteiger partial charge in [-0.2, -0.15) is 0 Å². The van der Waals surface area contributed by atoms with Gasteiger partial charge < -0.3 is 5.32 Å². The molecule has 6 heteroatoms. The standard InChI is InChI=1S/C16H15ClFNO2S/c1-11(16(20)19-12-6-3-2-4-7-12)22(21)10-13-14(17)8-5-9-15(13)18/h2-9,11H,10H2,1H3,(H,19,20)/t11-,22+/m0/s1. The predicted octanol–water partition coefficient (Wildman–Crippen LogP) is 3.76. The molecular weight excluding hydrogens is 325 g/mol. The quantitative estimate of drug-likeness (QED) is 0.901. The van der Waals surface area contributed by atoms with Crippen molar-refractivity contribution in [1.82, 2.24) is 0 Å². The fourth-order valence-corrected chi connectivity index (χ4v) is 3.26. The third kappa shape index (κ3) is 4.15. The second kappa shape index (κ2) is 7.51. The zero-order valence-corrected chi connectivity index (χ0v) is 13.5. The maximum atomic E-state index is 13.7. The fraction of sp³-hybridized carbons (Fsp3) is 0.188. The first-order valence-electron chi connectivity index (χ1n) is 6.65. The average molecular weight is 340 g/mol. The molecule has 0 aliphatic heterocycles. The van der Waals surface area contributed by atoms with Gasteiger partial charge in [-0.3, -0.25) is 9.00 Å². The lowest BCUT2D eigenvalue weighted by Gasteiger charge is -2.13. The number of nitrogens with one attached hydrogen (secondary N) is 1. The van der Waals surface area contributed by atoms with E-state index in [2.05, 4.69) is 5.32 Å². The lowest BCUT2D eigenvalue weighted by Crippen LogP contribution is -2.29. The summed E-state index contributed by atoms with van der Waals surface area (Å²) in [5.41, 5.74) is 0.794. The smallest absolute Gasteiger partial charge is 0.239 e. The van der Waals surface area contributed by atoms with Gasteiger partial charge in [0.25, 0.3) is 0 Å². The molecule has 2 rings (SSSR count). The lowest BCUT2D eigenvalue weighted by atomic mass is 10.2. The van der Waals surface area contributed by atoms with E-state index in [1.807, 2.05) is 6.07 Å². The summed E-state index contributed by atoms with van der Waals surface area (Å²) in [5, 5.41) is 2.11. The molecule has 0 aromatic heterocycles. The summed E-state index contributed by atoms with van der Waals surface area (Å²) in [4.78, 5) is 12.1. The highest BCUT2D eigenvalue weighted by molar-refractivity contribution is 7.85. The molecule has 0 radical (unpaired) electrons. The van der Waals surface area contributed by atoms with Crippen molar-refractivity contribution < 1.29 is 13.4 Å². The Hall–Kier alpha value is -1.72. The van der Waals surface area contributed by atoms with Gasteiger partial charge in [0.1, 0.15) is 11.1 Å². The van der Waals surface area contributed by atoms with Crippen molar-refractivity contribution in [2.45, 2.75) is 17.9 Å². The van der Waals surface area contributed by atoms with Crippen molar-refractivity contribution >= 4 is 34.0 Å². The van der Waals surface area contributed by atoms with Gasteiger partial charge in [-0.15, -0.1) is 0 Å². The van der Waals surface area contributed by atoms with Crippen LogP contribution in [0.25, 0.3) is 0 Å². The number of anilines is 1. The van der Waals surface area contributed by atoms with E-state index in [0.29, 0.717) is 5.69 Å². The largest absolute Gasteiger partial charge is 0.325 e. The molecule has 0 aliphatic rings. The van der Waals surface area contributed by atoms with Crippen LogP contribution in [0.1, 0.15) is 12.5 Å². The lowest BCUT2D eigenvalue weighted by molar-refractivity contribution is -0.115. The topological polar surface area (TPSA) is 46.2 Å². The molecule has 2 aromatic carbocycles. The molecular formula is C16H15ClFNO2S. The molecule has 22 heavy (non-hydrogen) atoms. The highest BCUT2D eigenvalue weighted by atomic mass is 35.5. The van der Waals surface area contributed by atoms with Crippen molar-refractivity contribution in [2.24, 2.45) is 0 Å². The van der Waals surface area contributed by atoms with Gasteiger partial charge in [-0.25, -0.2) is 4.39 Å². The van der Waals surface area contributed by atoms with Gasteiger partial charge in [0, 0.05) is 27.1 Å². The van der Waals surface area contributed by atoms with Crippen LogP contribution in [0.5, 0.6) is 0 Å². The van der Waals surface area contributed by atoms with Crippen molar-refractivity contribution in [1.29, 1.82) is 0 Å². The Morgan fingerprint density at radius 2 is 1.91 bits per heavy atom. The van der Waals surface area contributed by atoms with Crippen molar-refractivity contribution in [3.8, 4) is 0 Å². The summed E-state index contributed by atoms with van der Waals surface area (Å²) in [7, 11) is -1.58. The number of carbonyl (C=O) groups is 1. The Bertz CT molecular complexity index is 674. The van der Waals surface area contributed by atoms with Gasteiger partial charge in [0.15, 0.2) is 0 Å². The number of hydrogen-bond donors (Lipinski definition) is 1. The molecule has 0 fully saturated rings. The van der Waals surface area contributed by atoms with Crippen molar-refractivity contribution in [2.75, 3.05) is 5.32 Å². The Kier molecular flexibility index (Phi) is 5.69. The number of amides is 1. The fourth-order valence-electron chi connectivity index (χ4n) is 1.82. The first kappa shape index (κ1) is 16.6. The van der Waals surface area contributed by atoms with Crippen LogP contribution in [0.3, 0.4) is 0 Å². The third-order valence-corrected chi connectivity index (χ3v) is 5.08. The van der Waals surface area contributed by atoms with Crippen LogP contribution in [-0.4, -0.2) is 15.4 Å². The number of rotatable bonds is 5. The van der Waals surface area contributed by atoms with Gasteiger partial charge in [0.2, 0.25) is 5.91 Å². The summed E-state index contributed by atoms with van der Waals surface area (Å²) in [6.45, 7) is 1.54. The molecule has 1 amide bonds. The number of benzene rings is 2. The van der Waals surface area contributed by atoms with E-state index in [1.165, 1.54) is 18.2 Å². The van der Waals surface area contributed by atoms with E-state index in [0.717, 1.165) is 0 Å². The first-order valence-corrected chi connectivity index (χ1v) is 8.41. The molecule has 0 saturated carbocycles. The highest BCUT2D eigenvalue weighted by Crippen LogP contribution is 2.21. The molecule has 0 spiro atoms. The average Bonchev–Trinajstić information content (AvgIpc) is 2.51. The minimum Gasteiger partial charge on any atom is -0.325 e. The number of carbonyl (C=O) groups excluding carboxylic acids is 1.